The van der Waals surface area contributed by atoms with Crippen molar-refractivity contribution in [1.82, 2.24) is 14.8 Å². The molecule has 174 valence electrons. The highest BCUT2D eigenvalue weighted by molar-refractivity contribution is 7.59. The number of halogens is 3. The fourth-order valence-corrected chi connectivity index (χ4v) is 3.90. The average Bonchev–Trinajstić information content (AvgIpc) is 3.16. The quantitative estimate of drug-likeness (QED) is 0.513. The predicted octanol–water partition coefficient (Wildman–Crippen LogP) is 4.67. The molecule has 0 fully saturated rings. The van der Waals surface area contributed by atoms with Crippen molar-refractivity contribution in [3.8, 4) is 0 Å². The average molecular weight is 477 g/mol. The molecule has 0 saturated heterocycles. The summed E-state index contributed by atoms with van der Waals surface area (Å²) in [5.74, 6) is -0.554. The first-order chi connectivity index (χ1) is 15.1. The molecule has 1 atom stereocenters. The fourth-order valence-electron chi connectivity index (χ4n) is 3.90. The Kier molecular flexibility index (Phi) is 6.69. The lowest BCUT2D eigenvalue weighted by atomic mass is 9.99. The standard InChI is InChI=1S/C23H21F3N4O2.H2S/c1-13-10-27-14(2)8-19(13)20(31)9-16-11-28-30-15(3)12-29(22(32)21(16)30)18-6-4-17(5-7-18)23(24,25)26;/h4-8,10-11,15H,9,12H2,1-3H3;1H2/t15-;/m0./s1. The highest BCUT2D eigenvalue weighted by Crippen LogP contribution is 2.33. The van der Waals surface area contributed by atoms with Crippen molar-refractivity contribution >= 4 is 30.9 Å². The van der Waals surface area contributed by atoms with E-state index >= 15 is 0 Å². The zero-order valence-electron chi connectivity index (χ0n) is 18.3. The van der Waals surface area contributed by atoms with Crippen molar-refractivity contribution in [2.75, 3.05) is 11.4 Å². The molecule has 3 heterocycles. The summed E-state index contributed by atoms with van der Waals surface area (Å²) in [7, 11) is 0. The van der Waals surface area contributed by atoms with Crippen LogP contribution in [0.3, 0.4) is 0 Å². The monoisotopic (exact) mass is 476 g/mol. The van der Waals surface area contributed by atoms with Gasteiger partial charge in [0.2, 0.25) is 0 Å². The number of aromatic nitrogens is 3. The van der Waals surface area contributed by atoms with E-state index in [2.05, 4.69) is 10.1 Å². The topological polar surface area (TPSA) is 68.1 Å². The van der Waals surface area contributed by atoms with E-state index in [1.54, 1.807) is 30.8 Å². The number of nitrogens with zero attached hydrogens (tertiary/aromatic N) is 4. The van der Waals surface area contributed by atoms with Crippen molar-refractivity contribution in [3.05, 3.63) is 76.4 Å². The third kappa shape index (κ3) is 4.66. The van der Waals surface area contributed by atoms with Crippen LogP contribution in [0.2, 0.25) is 0 Å². The maximum Gasteiger partial charge on any atom is 0.416 e. The molecular weight excluding hydrogens is 453 g/mol. The number of fused-ring (bicyclic) bond motifs is 1. The molecule has 1 aliphatic rings. The molecule has 0 saturated carbocycles. The number of Topliss-reactive ketones (excluding diaryl/α,β-unsaturated/α-hetero) is 1. The fraction of sp³-hybridized carbons (Fsp3) is 0.304. The predicted molar refractivity (Wildman–Crippen MR) is 122 cm³/mol. The smallest absolute Gasteiger partial charge is 0.305 e. The van der Waals surface area contributed by atoms with Gasteiger partial charge in [0.15, 0.2) is 5.78 Å². The number of hydrogen-bond acceptors (Lipinski definition) is 4. The number of carbonyl (C=O) groups is 2. The Morgan fingerprint density at radius 3 is 2.45 bits per heavy atom. The number of aryl methyl sites for hydroxylation is 2. The van der Waals surface area contributed by atoms with Crippen LogP contribution in [0.1, 0.15) is 56.2 Å². The summed E-state index contributed by atoms with van der Waals surface area (Å²) in [6.07, 6.45) is -1.32. The highest BCUT2D eigenvalue weighted by Gasteiger charge is 2.35. The van der Waals surface area contributed by atoms with Crippen LogP contribution in [0.4, 0.5) is 18.9 Å². The molecule has 3 aromatic rings. The van der Waals surface area contributed by atoms with Crippen LogP contribution < -0.4 is 4.90 Å². The van der Waals surface area contributed by atoms with Crippen LogP contribution in [-0.4, -0.2) is 33.0 Å². The minimum atomic E-state index is -4.45. The van der Waals surface area contributed by atoms with Crippen LogP contribution in [0.25, 0.3) is 0 Å². The second-order valence-electron chi connectivity index (χ2n) is 8.01. The summed E-state index contributed by atoms with van der Waals surface area (Å²) in [4.78, 5) is 31.8. The van der Waals surface area contributed by atoms with Crippen molar-refractivity contribution in [3.63, 3.8) is 0 Å². The van der Waals surface area contributed by atoms with Gasteiger partial charge in [0.1, 0.15) is 5.69 Å². The Labute approximate surface area is 195 Å². The van der Waals surface area contributed by atoms with Gasteiger partial charge < -0.3 is 4.90 Å². The first-order valence-electron chi connectivity index (χ1n) is 10.1. The third-order valence-corrected chi connectivity index (χ3v) is 5.58. The zero-order valence-corrected chi connectivity index (χ0v) is 19.3. The Morgan fingerprint density at radius 2 is 1.82 bits per heavy atom. The van der Waals surface area contributed by atoms with Gasteiger partial charge in [0.05, 0.1) is 17.8 Å². The summed E-state index contributed by atoms with van der Waals surface area (Å²) < 4.78 is 40.3. The number of benzene rings is 1. The maximum atomic E-state index is 13.3. The molecule has 0 aliphatic carbocycles. The summed E-state index contributed by atoms with van der Waals surface area (Å²) in [5.41, 5.74) is 2.34. The number of amides is 1. The molecule has 33 heavy (non-hydrogen) atoms. The molecule has 1 aromatic carbocycles. The molecule has 6 nitrogen and oxygen atoms in total. The molecule has 0 N–H and O–H groups in total. The molecule has 1 aliphatic heterocycles. The number of carbonyl (C=O) groups excluding carboxylic acids is 2. The maximum absolute atomic E-state index is 13.3. The van der Waals surface area contributed by atoms with E-state index in [9.17, 15) is 22.8 Å². The van der Waals surface area contributed by atoms with Gasteiger partial charge in [-0.25, -0.2) is 0 Å². The molecule has 1 amide bonds. The highest BCUT2D eigenvalue weighted by atomic mass is 32.1. The van der Waals surface area contributed by atoms with Gasteiger partial charge in [-0.2, -0.15) is 31.8 Å². The van der Waals surface area contributed by atoms with E-state index < -0.39 is 17.6 Å². The minimum absolute atomic E-state index is 0. The molecule has 4 rings (SSSR count). The number of ketones is 1. The Hall–Kier alpha value is -3.14. The number of rotatable bonds is 4. The summed E-state index contributed by atoms with van der Waals surface area (Å²) in [6.45, 7) is 5.72. The lowest BCUT2D eigenvalue weighted by Gasteiger charge is -2.32. The lowest BCUT2D eigenvalue weighted by molar-refractivity contribution is -0.137. The molecule has 2 aromatic heterocycles. The molecule has 0 bridgehead atoms. The normalized spacial score (nSPS) is 15.8. The molecular formula is C23H23F3N4O2S. The Morgan fingerprint density at radius 1 is 1.15 bits per heavy atom. The molecule has 0 unspecified atom stereocenters. The van der Waals surface area contributed by atoms with Crippen LogP contribution in [0.15, 0.2) is 42.7 Å². The number of hydrogen-bond donors (Lipinski definition) is 0. The Bertz CT molecular complexity index is 1210. The van der Waals surface area contributed by atoms with Gasteiger partial charge in [0, 0.05) is 41.7 Å². The second kappa shape index (κ2) is 9.01. The van der Waals surface area contributed by atoms with Crippen LogP contribution in [0, 0.1) is 13.8 Å². The van der Waals surface area contributed by atoms with Crippen LogP contribution in [-0.2, 0) is 12.6 Å². The zero-order chi connectivity index (χ0) is 23.2. The summed E-state index contributed by atoms with van der Waals surface area (Å²) in [6, 6.07) is 5.99. The van der Waals surface area contributed by atoms with Crippen molar-refractivity contribution < 1.29 is 22.8 Å². The van der Waals surface area contributed by atoms with Crippen molar-refractivity contribution in [2.24, 2.45) is 0 Å². The molecule has 10 heteroatoms. The SMILES string of the molecule is Cc1cc(C(=O)Cc2cnn3c2C(=O)N(c2ccc(C(F)(F)F)cc2)C[C@@H]3C)c(C)cn1.S. The number of anilines is 1. The van der Waals surface area contributed by atoms with E-state index in [1.165, 1.54) is 23.2 Å². The minimum Gasteiger partial charge on any atom is -0.305 e. The number of pyridine rings is 1. The van der Waals surface area contributed by atoms with E-state index in [0.29, 0.717) is 22.5 Å². The summed E-state index contributed by atoms with van der Waals surface area (Å²) in [5, 5.41) is 4.31. The van der Waals surface area contributed by atoms with E-state index in [4.69, 9.17) is 0 Å². The van der Waals surface area contributed by atoms with Gasteiger partial charge in [-0.1, -0.05) is 0 Å². The van der Waals surface area contributed by atoms with Gasteiger partial charge >= 0.3 is 6.18 Å². The van der Waals surface area contributed by atoms with E-state index in [-0.39, 0.29) is 44.0 Å². The van der Waals surface area contributed by atoms with E-state index in [0.717, 1.165) is 17.7 Å². The van der Waals surface area contributed by atoms with Crippen molar-refractivity contribution in [1.29, 1.82) is 0 Å². The van der Waals surface area contributed by atoms with E-state index in [1.807, 2.05) is 6.92 Å². The van der Waals surface area contributed by atoms with Crippen LogP contribution in [0.5, 0.6) is 0 Å². The van der Waals surface area contributed by atoms with Gasteiger partial charge in [-0.05, 0) is 56.7 Å². The summed E-state index contributed by atoms with van der Waals surface area (Å²) >= 11 is 0. The van der Waals surface area contributed by atoms with Gasteiger partial charge in [-0.3, -0.25) is 19.3 Å². The Balaban J connectivity index is 0.00000306. The first kappa shape index (κ1) is 24.5. The van der Waals surface area contributed by atoms with Crippen molar-refractivity contribution in [2.45, 2.75) is 39.4 Å². The number of alkyl halides is 3. The van der Waals surface area contributed by atoms with Crippen LogP contribution >= 0.6 is 13.5 Å². The third-order valence-electron chi connectivity index (χ3n) is 5.58. The van der Waals surface area contributed by atoms with Gasteiger partial charge in [-0.15, -0.1) is 0 Å². The first-order valence-corrected chi connectivity index (χ1v) is 10.1. The van der Waals surface area contributed by atoms with Gasteiger partial charge in [0.25, 0.3) is 5.91 Å². The molecule has 0 radical (unpaired) electrons. The largest absolute Gasteiger partial charge is 0.416 e. The second-order valence-corrected chi connectivity index (χ2v) is 8.01. The lowest BCUT2D eigenvalue weighted by Crippen LogP contribution is -2.43. The molecule has 0 spiro atoms.